The first-order valence-corrected chi connectivity index (χ1v) is 15.7. The molecule has 1 aromatic heterocycles. The third kappa shape index (κ3) is 7.11. The number of aryl methyl sites for hydroxylation is 1. The third-order valence-corrected chi connectivity index (χ3v) is 8.75. The van der Waals surface area contributed by atoms with Gasteiger partial charge in [-0.15, -0.1) is 0 Å². The van der Waals surface area contributed by atoms with E-state index in [1.54, 1.807) is 18.2 Å². The van der Waals surface area contributed by atoms with E-state index in [1.807, 2.05) is 5.38 Å². The van der Waals surface area contributed by atoms with E-state index in [0.29, 0.717) is 40.6 Å². The molecule has 0 atom stereocenters. The molecule has 0 unspecified atom stereocenters. The second-order valence-electron chi connectivity index (χ2n) is 9.67. The second-order valence-corrected chi connectivity index (χ2v) is 11.8. The van der Waals surface area contributed by atoms with Gasteiger partial charge in [0.15, 0.2) is 5.78 Å². The van der Waals surface area contributed by atoms with E-state index in [0.717, 1.165) is 0 Å². The van der Waals surface area contributed by atoms with Crippen LogP contribution < -0.4 is 26.0 Å². The van der Waals surface area contributed by atoms with Gasteiger partial charge < -0.3 is 34.0 Å². The van der Waals surface area contributed by atoms with Crippen molar-refractivity contribution < 1.29 is 38.1 Å². The fourth-order valence-electron chi connectivity index (χ4n) is 4.38. The Kier molecular flexibility index (Phi) is 10.4. The van der Waals surface area contributed by atoms with Crippen LogP contribution in [0.2, 0.25) is 0 Å². The summed E-state index contributed by atoms with van der Waals surface area (Å²) < 4.78 is 22.3. The monoisotopic (exact) mass is 645 g/mol. The Hall–Kier alpha value is -4.63. The topological polar surface area (TPSA) is 167 Å². The lowest BCUT2D eigenvalue weighted by Crippen LogP contribution is -2.35. The molecule has 2 N–H and O–H groups in total. The lowest BCUT2D eigenvalue weighted by atomic mass is 10.1. The number of urea groups is 1. The van der Waals surface area contributed by atoms with Crippen LogP contribution in [-0.2, 0) is 9.53 Å². The van der Waals surface area contributed by atoms with Crippen molar-refractivity contribution in [3.8, 4) is 33.5 Å². The molecule has 4 rings (SSSR count). The van der Waals surface area contributed by atoms with Gasteiger partial charge >= 0.3 is 17.6 Å². The maximum Gasteiger partial charge on any atom is 0.350 e. The molecule has 0 saturated heterocycles. The Labute approximate surface area is 258 Å². The zero-order chi connectivity index (χ0) is 32.0. The number of carbonyl (C=O) groups excluding carboxylic acids is 3. The Morgan fingerprint density at radius 1 is 1.09 bits per heavy atom. The van der Waals surface area contributed by atoms with Crippen molar-refractivity contribution in [2.45, 2.75) is 32.6 Å². The number of benzene rings is 1. The molecule has 2 aliphatic rings. The maximum atomic E-state index is 13.5. The zero-order valence-corrected chi connectivity index (χ0v) is 26.1. The Morgan fingerprint density at radius 3 is 2.55 bits per heavy atom. The molecular weight excluding hydrogens is 614 g/mol. The summed E-state index contributed by atoms with van der Waals surface area (Å²) in [6.07, 6.45) is 0.584. The van der Waals surface area contributed by atoms with E-state index in [2.05, 4.69) is 5.32 Å². The quantitative estimate of drug-likeness (QED) is 0.0915. The predicted octanol–water partition coefficient (Wildman–Crippen LogP) is 4.50. The van der Waals surface area contributed by atoms with Crippen LogP contribution in [0.1, 0.15) is 41.8 Å². The number of ketones is 1. The average molecular weight is 646 g/mol. The molecule has 2 amide bonds. The molecule has 234 valence electrons. The van der Waals surface area contributed by atoms with Crippen molar-refractivity contribution in [1.82, 2.24) is 9.47 Å². The average Bonchev–Trinajstić information content (AvgIpc) is 3.55. The maximum absolute atomic E-state index is 13.5. The first-order valence-electron chi connectivity index (χ1n) is 13.4. The number of likely N-dealkylation sites (N-methyl/N-ethyl adjacent to an activating group) is 1. The molecule has 44 heavy (non-hydrogen) atoms. The minimum atomic E-state index is -0.901. The van der Waals surface area contributed by atoms with Gasteiger partial charge in [0.2, 0.25) is 0 Å². The fourth-order valence-corrected chi connectivity index (χ4v) is 6.58. The van der Waals surface area contributed by atoms with Gasteiger partial charge in [-0.1, -0.05) is 20.7 Å². The second kappa shape index (κ2) is 14.2. The van der Waals surface area contributed by atoms with Gasteiger partial charge in [0.05, 0.1) is 37.0 Å². The highest BCUT2D eigenvalue weighted by atomic mass is 32.9. The Morgan fingerprint density at radius 2 is 1.84 bits per heavy atom. The molecule has 0 spiro atoms. The summed E-state index contributed by atoms with van der Waals surface area (Å²) in [7, 11) is 7.30. The zero-order valence-electron chi connectivity index (χ0n) is 24.5. The van der Waals surface area contributed by atoms with Crippen molar-refractivity contribution in [3.05, 3.63) is 61.7 Å². The highest BCUT2D eigenvalue weighted by Gasteiger charge is 2.27. The predicted molar refractivity (Wildman–Crippen MR) is 164 cm³/mol. The number of Topliss-reactive ketones (excluding diaryl/α,β-unsaturated/α-hetero) is 1. The number of hydrogen-bond donors (Lipinski definition) is 2. The SMILES string of the molecule is COc1ccc(-n2c3cssc-3c(NC(=O)N(C)CCOC(=O)CCCCC(=O)c3c(O)cc(C)oc3=O)c2=O)c(OC)c1. The normalized spacial score (nSPS) is 10.9. The van der Waals surface area contributed by atoms with Crippen molar-refractivity contribution >= 4 is 44.2 Å². The first kappa shape index (κ1) is 32.3. The fraction of sp³-hybridized carbons (Fsp3) is 0.345. The van der Waals surface area contributed by atoms with Crippen LogP contribution in [0.25, 0.3) is 16.3 Å². The summed E-state index contributed by atoms with van der Waals surface area (Å²) in [5.41, 5.74) is -0.473. The Bertz CT molecular complexity index is 1750. The number of rotatable bonds is 13. The van der Waals surface area contributed by atoms with Gasteiger partial charge in [-0.2, -0.15) is 0 Å². The molecule has 13 nitrogen and oxygen atoms in total. The standard InChI is InChI=1S/C29H31N3O10S2/c1-16-13-21(34)24(28(37)42-16)20(33)7-5-6-8-23(35)41-12-11-31(2)29(38)30-25-26-19(15-43-44-26)32(27(25)36)18-10-9-17(39-3)14-22(18)40-4/h9-10,13-15,34H,5-8,11-12H2,1-4H3,(H,30,38). The van der Waals surface area contributed by atoms with Crippen LogP contribution in [0.15, 0.2) is 43.7 Å². The number of anilines is 1. The van der Waals surface area contributed by atoms with E-state index in [-0.39, 0.29) is 37.4 Å². The van der Waals surface area contributed by atoms with Crippen molar-refractivity contribution in [2.24, 2.45) is 0 Å². The number of unbranched alkanes of at least 4 members (excludes halogenated alkanes) is 1. The van der Waals surface area contributed by atoms with Crippen LogP contribution in [0, 0.1) is 6.92 Å². The first-order chi connectivity index (χ1) is 21.0. The van der Waals surface area contributed by atoms with E-state index in [9.17, 15) is 29.1 Å². The molecule has 0 fully saturated rings. The molecule has 0 bridgehead atoms. The Balaban J connectivity index is 1.27. The number of aromatic hydroxyl groups is 1. The summed E-state index contributed by atoms with van der Waals surface area (Å²) >= 11 is 0. The summed E-state index contributed by atoms with van der Waals surface area (Å²) in [5.74, 6) is -0.338. The molecule has 2 aliphatic heterocycles. The van der Waals surface area contributed by atoms with Crippen LogP contribution >= 0.6 is 20.7 Å². The van der Waals surface area contributed by atoms with Crippen molar-refractivity contribution in [2.75, 3.05) is 39.7 Å². The third-order valence-electron chi connectivity index (χ3n) is 6.67. The van der Waals surface area contributed by atoms with Crippen molar-refractivity contribution in [1.29, 1.82) is 0 Å². The summed E-state index contributed by atoms with van der Waals surface area (Å²) in [4.78, 5) is 64.6. The summed E-state index contributed by atoms with van der Waals surface area (Å²) in [5, 5.41) is 14.4. The summed E-state index contributed by atoms with van der Waals surface area (Å²) in [6.45, 7) is 1.47. The number of hydrogen-bond acceptors (Lipinski definition) is 12. The molecule has 0 saturated carbocycles. The highest BCUT2D eigenvalue weighted by Crippen LogP contribution is 2.41. The molecular formula is C29H31N3O10S2. The van der Waals surface area contributed by atoms with Crippen LogP contribution in [-0.4, -0.2) is 66.8 Å². The number of nitrogens with one attached hydrogen (secondary N) is 1. The highest BCUT2D eigenvalue weighted by molar-refractivity contribution is 7.70. The molecule has 1 aromatic carbocycles. The van der Waals surface area contributed by atoms with E-state index in [4.69, 9.17) is 18.6 Å². The van der Waals surface area contributed by atoms with Crippen molar-refractivity contribution in [3.63, 3.8) is 0 Å². The number of amides is 2. The van der Waals surface area contributed by atoms with Gasteiger partial charge in [-0.25, -0.2) is 9.59 Å². The number of esters is 1. The van der Waals surface area contributed by atoms with Gasteiger partial charge in [0, 0.05) is 37.4 Å². The van der Waals surface area contributed by atoms with Gasteiger partial charge in [-0.05, 0) is 31.9 Å². The van der Waals surface area contributed by atoms with Crippen LogP contribution in [0.5, 0.6) is 17.2 Å². The molecule has 0 radical (unpaired) electrons. The smallest absolute Gasteiger partial charge is 0.350 e. The van der Waals surface area contributed by atoms with Gasteiger partial charge in [0.1, 0.15) is 40.9 Å². The minimum absolute atomic E-state index is 0.0249. The van der Waals surface area contributed by atoms with E-state index in [1.165, 1.54) is 64.4 Å². The number of ether oxygens (including phenoxy) is 3. The molecule has 3 heterocycles. The number of carbonyl (C=O) groups is 3. The van der Waals surface area contributed by atoms with E-state index < -0.39 is 40.3 Å². The van der Waals surface area contributed by atoms with Crippen LogP contribution in [0.4, 0.5) is 10.5 Å². The molecule has 15 heteroatoms. The molecule has 0 aliphatic carbocycles. The number of nitrogens with zero attached hydrogens (tertiary/aromatic N) is 2. The number of methoxy groups -OCH3 is 2. The number of aromatic nitrogens is 1. The number of fused-ring (bicyclic) bond motifs is 1. The lowest BCUT2D eigenvalue weighted by Gasteiger charge is -2.17. The van der Waals surface area contributed by atoms with Gasteiger partial charge in [0.25, 0.3) is 5.56 Å². The summed E-state index contributed by atoms with van der Waals surface area (Å²) in [6, 6.07) is 5.73. The van der Waals surface area contributed by atoms with Crippen LogP contribution in [0.3, 0.4) is 0 Å². The largest absolute Gasteiger partial charge is 0.507 e. The molecule has 2 aromatic rings. The van der Waals surface area contributed by atoms with Gasteiger partial charge in [-0.3, -0.25) is 19.0 Å². The minimum Gasteiger partial charge on any atom is -0.507 e. The lowest BCUT2D eigenvalue weighted by molar-refractivity contribution is -0.144. The van der Waals surface area contributed by atoms with E-state index >= 15 is 0 Å².